The van der Waals surface area contributed by atoms with Crippen molar-refractivity contribution in [2.24, 2.45) is 7.05 Å². The molecule has 0 unspecified atom stereocenters. The molecule has 0 fully saturated rings. The lowest BCUT2D eigenvalue weighted by Gasteiger charge is -2.28. The van der Waals surface area contributed by atoms with Crippen molar-refractivity contribution in [2.75, 3.05) is 12.4 Å². The molecule has 4 rings (SSSR count). The molecule has 0 aliphatic carbocycles. The molecule has 0 saturated carbocycles. The van der Waals surface area contributed by atoms with E-state index in [4.69, 9.17) is 9.26 Å². The minimum Gasteiger partial charge on any atom is -0.489 e. The number of nitriles is 2. The van der Waals surface area contributed by atoms with E-state index < -0.39 is 23.3 Å². The largest absolute Gasteiger partial charge is 0.489 e. The number of amides is 1. The Kier molecular flexibility index (Phi) is 7.12. The minimum absolute atomic E-state index is 0.213. The third-order valence-electron chi connectivity index (χ3n) is 6.13. The van der Waals surface area contributed by atoms with Crippen molar-refractivity contribution in [3.8, 4) is 17.9 Å². The second-order valence-electron chi connectivity index (χ2n) is 8.25. The highest BCUT2D eigenvalue weighted by atomic mass is 16.5. The maximum Gasteiger partial charge on any atom is 0.296 e. The highest BCUT2D eigenvalue weighted by Gasteiger charge is 2.32. The van der Waals surface area contributed by atoms with E-state index in [-0.39, 0.29) is 23.0 Å². The van der Waals surface area contributed by atoms with Crippen LogP contribution in [0.4, 0.5) is 5.69 Å². The fourth-order valence-electron chi connectivity index (χ4n) is 4.40. The third-order valence-corrected chi connectivity index (χ3v) is 6.13. The number of nitrogens with one attached hydrogen (secondary N) is 1. The molecule has 2 heterocycles. The molecule has 1 amide bonds. The lowest BCUT2D eigenvalue weighted by Crippen LogP contribution is -2.31. The molecule has 0 aliphatic heterocycles. The number of aromatic nitrogens is 3. The van der Waals surface area contributed by atoms with Gasteiger partial charge in [-0.15, -0.1) is 0 Å². The number of carbonyl (C=O) groups is 1. The predicted molar refractivity (Wildman–Crippen MR) is 133 cm³/mol. The average Bonchev–Trinajstić information content (AvgIpc) is 3.43. The molecular formula is C27H22N6O4. The molecular weight excluding hydrogens is 472 g/mol. The van der Waals surface area contributed by atoms with E-state index in [0.29, 0.717) is 22.3 Å². The topological polar surface area (TPSA) is 147 Å². The summed E-state index contributed by atoms with van der Waals surface area (Å²) in [6.45, 7) is 1.84. The van der Waals surface area contributed by atoms with Crippen LogP contribution in [0.25, 0.3) is 0 Å². The van der Waals surface area contributed by atoms with Crippen LogP contribution in [0.5, 0.6) is 5.75 Å². The Morgan fingerprint density at radius 3 is 2.19 bits per heavy atom. The van der Waals surface area contributed by atoms with E-state index in [1.807, 2.05) is 31.2 Å². The second-order valence-corrected chi connectivity index (χ2v) is 8.25. The molecule has 1 atom stereocenters. The number of ether oxygens (including phenoxy) is 1. The van der Waals surface area contributed by atoms with E-state index in [1.54, 1.807) is 24.3 Å². The van der Waals surface area contributed by atoms with Crippen molar-refractivity contribution in [2.45, 2.75) is 18.8 Å². The van der Waals surface area contributed by atoms with E-state index in [9.17, 15) is 20.1 Å². The fourth-order valence-corrected chi connectivity index (χ4v) is 4.40. The normalized spacial score (nSPS) is 11.4. The molecule has 0 bridgehead atoms. The van der Waals surface area contributed by atoms with Crippen LogP contribution < -0.4 is 15.6 Å². The minimum atomic E-state index is -0.683. The summed E-state index contributed by atoms with van der Waals surface area (Å²) in [4.78, 5) is 30.9. The summed E-state index contributed by atoms with van der Waals surface area (Å²) in [7, 11) is 2.82. The summed E-state index contributed by atoms with van der Waals surface area (Å²) in [5.41, 5.74) is 1.70. The molecule has 37 heavy (non-hydrogen) atoms. The van der Waals surface area contributed by atoms with Crippen molar-refractivity contribution >= 4 is 11.6 Å². The van der Waals surface area contributed by atoms with Gasteiger partial charge in [-0.05, 0) is 23.3 Å². The van der Waals surface area contributed by atoms with Crippen LogP contribution in [-0.2, 0) is 7.05 Å². The number of methoxy groups -OCH3 is 1. The summed E-state index contributed by atoms with van der Waals surface area (Å²) in [6, 6.07) is 18.6. The molecule has 184 valence electrons. The maximum absolute atomic E-state index is 13.3. The van der Waals surface area contributed by atoms with Crippen molar-refractivity contribution in [1.82, 2.24) is 14.7 Å². The van der Waals surface area contributed by atoms with Gasteiger partial charge >= 0.3 is 0 Å². The molecule has 4 aromatic rings. The van der Waals surface area contributed by atoms with Gasteiger partial charge in [0.1, 0.15) is 17.8 Å². The molecule has 10 heteroatoms. The first-order valence-corrected chi connectivity index (χ1v) is 11.2. The van der Waals surface area contributed by atoms with Crippen molar-refractivity contribution < 1.29 is 14.1 Å². The van der Waals surface area contributed by atoms with Crippen LogP contribution in [-0.4, -0.2) is 27.7 Å². The quantitative estimate of drug-likeness (QED) is 0.409. The van der Waals surface area contributed by atoms with Gasteiger partial charge in [0.15, 0.2) is 5.69 Å². The second kappa shape index (κ2) is 10.6. The molecule has 2 aromatic heterocycles. The SMILES string of the molecule is COc1c(C(=O)Nc2cnoc2)nc([C@H](C)C(c2ccccc2C#N)c2ccccc2C#N)n(C)c1=O. The Bertz CT molecular complexity index is 1540. The Morgan fingerprint density at radius 2 is 1.68 bits per heavy atom. The van der Waals surface area contributed by atoms with Crippen LogP contribution in [0, 0.1) is 22.7 Å². The number of rotatable bonds is 7. The molecule has 0 aliphatic rings. The molecule has 1 N–H and O–H groups in total. The number of hydrogen-bond donors (Lipinski definition) is 1. The number of hydrogen-bond acceptors (Lipinski definition) is 8. The van der Waals surface area contributed by atoms with E-state index in [1.165, 1.54) is 31.2 Å². The lowest BCUT2D eigenvalue weighted by atomic mass is 9.77. The van der Waals surface area contributed by atoms with Gasteiger partial charge in [-0.2, -0.15) is 10.5 Å². The highest BCUT2D eigenvalue weighted by Crippen LogP contribution is 2.40. The van der Waals surface area contributed by atoms with Crippen LogP contribution in [0.3, 0.4) is 0 Å². The first-order valence-electron chi connectivity index (χ1n) is 11.2. The molecule has 2 aromatic carbocycles. The Labute approximate surface area is 212 Å². The highest BCUT2D eigenvalue weighted by molar-refractivity contribution is 6.04. The summed E-state index contributed by atoms with van der Waals surface area (Å²) in [5.74, 6) is -1.72. The van der Waals surface area contributed by atoms with Gasteiger partial charge in [-0.1, -0.05) is 48.5 Å². The Balaban J connectivity index is 1.93. The fraction of sp³-hybridized carbons (Fsp3) is 0.185. The van der Waals surface area contributed by atoms with E-state index in [2.05, 4.69) is 27.6 Å². The number of benzene rings is 2. The predicted octanol–water partition coefficient (Wildman–Crippen LogP) is 3.71. The average molecular weight is 495 g/mol. The number of carbonyl (C=O) groups excluding carboxylic acids is 1. The zero-order chi connectivity index (χ0) is 26.5. The van der Waals surface area contributed by atoms with Gasteiger partial charge in [-0.25, -0.2) is 4.98 Å². The van der Waals surface area contributed by atoms with Gasteiger partial charge in [0.05, 0.1) is 36.6 Å². The van der Waals surface area contributed by atoms with Gasteiger partial charge in [0, 0.05) is 18.9 Å². The van der Waals surface area contributed by atoms with Gasteiger partial charge in [0.25, 0.3) is 11.5 Å². The standard InChI is InChI=1S/C27H22N6O4/c1-16(22(20-10-6-4-8-17(20)12-28)21-11-7-5-9-18(21)13-29)25-32-23(24(36-3)27(35)33(25)2)26(34)31-19-14-30-37-15-19/h4-11,14-16,22H,1-3H3,(H,31,34)/t16-/m1/s1. The van der Waals surface area contributed by atoms with Crippen LogP contribution >= 0.6 is 0 Å². The van der Waals surface area contributed by atoms with Gasteiger partial charge < -0.3 is 14.6 Å². The van der Waals surface area contributed by atoms with Gasteiger partial charge in [0.2, 0.25) is 5.75 Å². The Morgan fingerprint density at radius 1 is 1.08 bits per heavy atom. The summed E-state index contributed by atoms with van der Waals surface area (Å²) in [5, 5.41) is 25.8. The van der Waals surface area contributed by atoms with Gasteiger partial charge in [-0.3, -0.25) is 14.2 Å². The smallest absolute Gasteiger partial charge is 0.296 e. The molecule has 0 spiro atoms. The van der Waals surface area contributed by atoms with E-state index in [0.717, 1.165) is 0 Å². The lowest BCUT2D eigenvalue weighted by molar-refractivity contribution is 0.101. The van der Waals surface area contributed by atoms with Crippen LogP contribution in [0.15, 0.2) is 70.3 Å². The summed E-state index contributed by atoms with van der Waals surface area (Å²) in [6.07, 6.45) is 2.55. The summed E-state index contributed by atoms with van der Waals surface area (Å²) >= 11 is 0. The first-order chi connectivity index (χ1) is 17.9. The number of anilines is 1. The molecule has 10 nitrogen and oxygen atoms in total. The molecule has 0 radical (unpaired) electrons. The van der Waals surface area contributed by atoms with Crippen LogP contribution in [0.1, 0.15) is 57.3 Å². The Hall–Kier alpha value is -5.22. The zero-order valence-electron chi connectivity index (χ0n) is 20.3. The summed E-state index contributed by atoms with van der Waals surface area (Å²) < 4.78 is 11.3. The van der Waals surface area contributed by atoms with Crippen molar-refractivity contribution in [3.63, 3.8) is 0 Å². The molecule has 0 saturated heterocycles. The van der Waals surface area contributed by atoms with Crippen molar-refractivity contribution in [3.05, 3.63) is 105 Å². The zero-order valence-corrected chi connectivity index (χ0v) is 20.3. The van der Waals surface area contributed by atoms with E-state index >= 15 is 0 Å². The third kappa shape index (κ3) is 4.68. The monoisotopic (exact) mass is 494 g/mol. The maximum atomic E-state index is 13.3. The number of nitrogens with zero attached hydrogens (tertiary/aromatic N) is 5. The van der Waals surface area contributed by atoms with Crippen molar-refractivity contribution in [1.29, 1.82) is 10.5 Å². The van der Waals surface area contributed by atoms with Crippen LogP contribution in [0.2, 0.25) is 0 Å². The first kappa shape index (κ1) is 24.9.